The quantitative estimate of drug-likeness (QED) is 0.290. The van der Waals surface area contributed by atoms with Crippen LogP contribution in [0.25, 0.3) is 0 Å². The molecule has 0 aromatic carbocycles. The fraction of sp³-hybridized carbons (Fsp3) is 0.238. The molecule has 0 radical (unpaired) electrons. The molecule has 0 aliphatic carbocycles. The Labute approximate surface area is 185 Å². The number of carbonyl (C=O) groups is 1. The highest BCUT2D eigenvalue weighted by Crippen LogP contribution is 2.24. The summed E-state index contributed by atoms with van der Waals surface area (Å²) in [5, 5.41) is 26.2. The van der Waals surface area contributed by atoms with Gasteiger partial charge in [0.15, 0.2) is 0 Å². The molecular formula is C21H25N9O2. The molecule has 0 aliphatic rings. The first-order chi connectivity index (χ1) is 15.2. The van der Waals surface area contributed by atoms with Gasteiger partial charge in [-0.1, -0.05) is 6.07 Å². The van der Waals surface area contributed by atoms with Crippen molar-refractivity contribution in [3.63, 3.8) is 0 Å². The largest absolute Gasteiger partial charge is 0.398 e. The van der Waals surface area contributed by atoms with E-state index in [9.17, 15) is 9.90 Å². The minimum absolute atomic E-state index is 0.175. The van der Waals surface area contributed by atoms with E-state index in [0.717, 1.165) is 6.21 Å². The standard InChI is InChI=1S/C21H25N9O2/c1-4-24-19(31)13-11-26-20(29-17-8-14(23)12(9-22)10-25-17)30-18(13)28-16-7-5-6-15(27-16)21(2,3)32/h5-11,22,32H,4H2,1-3H3,(H,24,31)(H4,23,25,26,27,28,29,30). The lowest BCUT2D eigenvalue weighted by atomic mass is 10.1. The maximum atomic E-state index is 12.5. The zero-order valence-corrected chi connectivity index (χ0v) is 18.0. The average Bonchev–Trinajstić information content (AvgIpc) is 2.74. The number of nitrogens with two attached hydrogens (primary N) is 1. The lowest BCUT2D eigenvalue weighted by Gasteiger charge is -2.18. The number of nitrogens with zero attached hydrogens (tertiary/aromatic N) is 4. The molecule has 0 aliphatic heterocycles. The van der Waals surface area contributed by atoms with E-state index in [2.05, 4.69) is 35.9 Å². The zero-order valence-electron chi connectivity index (χ0n) is 18.0. The Morgan fingerprint density at radius 1 is 1.19 bits per heavy atom. The van der Waals surface area contributed by atoms with Gasteiger partial charge in [-0.2, -0.15) is 4.98 Å². The van der Waals surface area contributed by atoms with Crippen molar-refractivity contribution in [2.75, 3.05) is 22.9 Å². The Kier molecular flexibility index (Phi) is 6.59. The third kappa shape index (κ3) is 5.32. The number of aliphatic hydroxyl groups is 1. The number of aromatic nitrogens is 4. The molecule has 0 bridgehead atoms. The fourth-order valence-electron chi connectivity index (χ4n) is 2.71. The highest BCUT2D eigenvalue weighted by atomic mass is 16.3. The second-order valence-electron chi connectivity index (χ2n) is 7.38. The molecule has 0 saturated heterocycles. The zero-order chi connectivity index (χ0) is 23.3. The van der Waals surface area contributed by atoms with Crippen molar-refractivity contribution in [3.8, 4) is 0 Å². The number of amides is 1. The van der Waals surface area contributed by atoms with E-state index in [1.54, 1.807) is 38.1 Å². The Hall–Kier alpha value is -4.12. The summed E-state index contributed by atoms with van der Waals surface area (Å²) in [6.45, 7) is 5.51. The van der Waals surface area contributed by atoms with E-state index in [4.69, 9.17) is 11.1 Å². The van der Waals surface area contributed by atoms with Crippen LogP contribution in [0.5, 0.6) is 0 Å². The second-order valence-corrected chi connectivity index (χ2v) is 7.38. The maximum absolute atomic E-state index is 12.5. The van der Waals surface area contributed by atoms with Crippen molar-refractivity contribution in [1.29, 1.82) is 5.41 Å². The average molecular weight is 435 g/mol. The van der Waals surface area contributed by atoms with E-state index >= 15 is 0 Å². The van der Waals surface area contributed by atoms with Crippen molar-refractivity contribution in [1.82, 2.24) is 25.3 Å². The lowest BCUT2D eigenvalue weighted by molar-refractivity contribution is 0.0740. The summed E-state index contributed by atoms with van der Waals surface area (Å²) >= 11 is 0. The van der Waals surface area contributed by atoms with Gasteiger partial charge in [-0.15, -0.1) is 0 Å². The minimum Gasteiger partial charge on any atom is -0.398 e. The van der Waals surface area contributed by atoms with Crippen LogP contribution in [0, 0.1) is 5.41 Å². The molecule has 3 aromatic heterocycles. The molecule has 0 atom stereocenters. The molecule has 1 amide bonds. The highest BCUT2D eigenvalue weighted by Gasteiger charge is 2.19. The number of carbonyl (C=O) groups excluding carboxylic acids is 1. The van der Waals surface area contributed by atoms with Crippen molar-refractivity contribution >= 4 is 41.2 Å². The highest BCUT2D eigenvalue weighted by molar-refractivity contribution is 5.99. The summed E-state index contributed by atoms with van der Waals surface area (Å²) in [7, 11) is 0. The first kappa shape index (κ1) is 22.6. The normalized spacial score (nSPS) is 11.0. The molecule has 0 unspecified atom stereocenters. The van der Waals surface area contributed by atoms with Crippen molar-refractivity contribution in [2.45, 2.75) is 26.4 Å². The van der Waals surface area contributed by atoms with E-state index < -0.39 is 5.60 Å². The van der Waals surface area contributed by atoms with Crippen LogP contribution < -0.4 is 21.7 Å². The summed E-state index contributed by atoms with van der Waals surface area (Å²) < 4.78 is 0. The monoisotopic (exact) mass is 435 g/mol. The van der Waals surface area contributed by atoms with Crippen LogP contribution in [-0.2, 0) is 5.60 Å². The summed E-state index contributed by atoms with van der Waals surface area (Å²) in [6.07, 6.45) is 3.96. The van der Waals surface area contributed by atoms with Gasteiger partial charge in [-0.25, -0.2) is 15.0 Å². The molecule has 0 saturated carbocycles. The van der Waals surface area contributed by atoms with Crippen LogP contribution in [0.4, 0.5) is 29.1 Å². The minimum atomic E-state index is -1.13. The predicted molar refractivity (Wildman–Crippen MR) is 123 cm³/mol. The molecule has 32 heavy (non-hydrogen) atoms. The van der Waals surface area contributed by atoms with E-state index in [-0.39, 0.29) is 23.2 Å². The number of rotatable bonds is 8. The Morgan fingerprint density at radius 2 is 1.97 bits per heavy atom. The first-order valence-electron chi connectivity index (χ1n) is 9.86. The van der Waals surface area contributed by atoms with Crippen LogP contribution in [0.2, 0.25) is 0 Å². The maximum Gasteiger partial charge on any atom is 0.256 e. The van der Waals surface area contributed by atoms with Crippen LogP contribution in [0.1, 0.15) is 42.4 Å². The Bertz CT molecular complexity index is 1140. The molecular weight excluding hydrogens is 410 g/mol. The van der Waals surface area contributed by atoms with Crippen LogP contribution in [0.3, 0.4) is 0 Å². The van der Waals surface area contributed by atoms with Crippen molar-refractivity contribution in [2.24, 2.45) is 0 Å². The SMILES string of the molecule is CCNC(=O)c1cnc(Nc2cc(N)c(C=N)cn2)nc1Nc1cccc(C(C)(C)O)n1. The molecule has 11 heteroatoms. The van der Waals surface area contributed by atoms with Crippen LogP contribution in [0.15, 0.2) is 36.7 Å². The molecule has 0 fully saturated rings. The van der Waals surface area contributed by atoms with Gasteiger partial charge in [0.05, 0.1) is 5.69 Å². The Morgan fingerprint density at radius 3 is 2.62 bits per heavy atom. The fourth-order valence-corrected chi connectivity index (χ4v) is 2.71. The Balaban J connectivity index is 1.96. The smallest absolute Gasteiger partial charge is 0.256 e. The van der Waals surface area contributed by atoms with Crippen molar-refractivity contribution in [3.05, 3.63) is 53.5 Å². The molecule has 7 N–H and O–H groups in total. The van der Waals surface area contributed by atoms with Crippen LogP contribution in [-0.4, -0.2) is 43.7 Å². The van der Waals surface area contributed by atoms with E-state index in [1.165, 1.54) is 12.4 Å². The summed E-state index contributed by atoms with van der Waals surface area (Å²) in [6, 6.07) is 6.70. The number of anilines is 5. The lowest BCUT2D eigenvalue weighted by Crippen LogP contribution is -2.24. The van der Waals surface area contributed by atoms with Gasteiger partial charge < -0.3 is 32.2 Å². The molecule has 3 aromatic rings. The van der Waals surface area contributed by atoms with Gasteiger partial charge in [0.25, 0.3) is 5.91 Å². The van der Waals surface area contributed by atoms with Gasteiger partial charge in [-0.05, 0) is 32.9 Å². The molecule has 3 rings (SSSR count). The van der Waals surface area contributed by atoms with E-state index in [1.807, 2.05) is 6.92 Å². The molecule has 11 nitrogen and oxygen atoms in total. The van der Waals surface area contributed by atoms with Gasteiger partial charge in [0, 0.05) is 42.5 Å². The topological polar surface area (TPSA) is 175 Å². The summed E-state index contributed by atoms with van der Waals surface area (Å²) in [4.78, 5) is 29.7. The third-order valence-electron chi connectivity index (χ3n) is 4.36. The molecule has 3 heterocycles. The first-order valence-corrected chi connectivity index (χ1v) is 9.86. The van der Waals surface area contributed by atoms with Gasteiger partial charge in [0.1, 0.15) is 28.6 Å². The van der Waals surface area contributed by atoms with Crippen molar-refractivity contribution < 1.29 is 9.90 Å². The van der Waals surface area contributed by atoms with Gasteiger partial charge in [-0.3, -0.25) is 4.79 Å². The third-order valence-corrected chi connectivity index (χ3v) is 4.36. The number of hydrogen-bond donors (Lipinski definition) is 6. The van der Waals surface area contributed by atoms with Gasteiger partial charge >= 0.3 is 0 Å². The van der Waals surface area contributed by atoms with Crippen LogP contribution >= 0.6 is 0 Å². The summed E-state index contributed by atoms with van der Waals surface area (Å²) in [5.41, 5.74) is 6.31. The number of nitrogen functional groups attached to an aromatic ring is 1. The number of hydrogen-bond acceptors (Lipinski definition) is 10. The predicted octanol–water partition coefficient (Wildman–Crippen LogP) is 2.31. The number of pyridine rings is 2. The summed E-state index contributed by atoms with van der Waals surface area (Å²) in [5.74, 6) is 0.828. The second kappa shape index (κ2) is 9.35. The molecule has 0 spiro atoms. The van der Waals surface area contributed by atoms with Gasteiger partial charge in [0.2, 0.25) is 5.95 Å². The van der Waals surface area contributed by atoms with E-state index in [0.29, 0.717) is 35.1 Å². The number of nitrogens with one attached hydrogen (secondary N) is 4. The molecule has 166 valence electrons.